The number of hydrogen-bond acceptors (Lipinski definition) is 2. The van der Waals surface area contributed by atoms with Crippen molar-refractivity contribution in [2.75, 3.05) is 4.90 Å². The Kier molecular flexibility index (Phi) is 4.71. The van der Waals surface area contributed by atoms with Gasteiger partial charge in [-0.15, -0.1) is 0 Å². The quantitative estimate of drug-likeness (QED) is 0.846. The van der Waals surface area contributed by atoms with E-state index in [1.165, 1.54) is 12.5 Å². The van der Waals surface area contributed by atoms with Gasteiger partial charge in [0, 0.05) is 28.9 Å². The molecule has 1 saturated heterocycles. The lowest BCUT2D eigenvalue weighted by Crippen LogP contribution is -2.34. The van der Waals surface area contributed by atoms with E-state index in [0.29, 0.717) is 17.1 Å². The van der Waals surface area contributed by atoms with Crippen LogP contribution in [0.4, 0.5) is 5.69 Å². The molecule has 2 atom stereocenters. The first kappa shape index (κ1) is 14.9. The van der Waals surface area contributed by atoms with Crippen LogP contribution in [0.25, 0.3) is 6.08 Å². The highest BCUT2D eigenvalue weighted by Crippen LogP contribution is 2.36. The second-order valence-electron chi connectivity index (χ2n) is 5.27. The van der Waals surface area contributed by atoms with Gasteiger partial charge in [-0.25, -0.2) is 4.79 Å². The third-order valence-corrected chi connectivity index (χ3v) is 4.17. The van der Waals surface area contributed by atoms with Gasteiger partial charge in [-0.05, 0) is 50.0 Å². The Hall–Kier alpha value is -1.48. The predicted molar refractivity (Wildman–Crippen MR) is 83.4 cm³/mol. The molecule has 20 heavy (non-hydrogen) atoms. The van der Waals surface area contributed by atoms with Gasteiger partial charge in [-0.2, -0.15) is 0 Å². The van der Waals surface area contributed by atoms with Crippen molar-refractivity contribution in [3.63, 3.8) is 0 Å². The topological polar surface area (TPSA) is 40.5 Å². The summed E-state index contributed by atoms with van der Waals surface area (Å²) in [5, 5.41) is 9.49. The van der Waals surface area contributed by atoms with Crippen molar-refractivity contribution in [2.45, 2.75) is 45.2 Å². The molecule has 2 rings (SSSR count). The van der Waals surface area contributed by atoms with Crippen LogP contribution in [0.3, 0.4) is 0 Å². The second kappa shape index (κ2) is 6.31. The first-order valence-corrected chi connectivity index (χ1v) is 7.39. The smallest absolute Gasteiger partial charge is 0.328 e. The monoisotopic (exact) mass is 293 g/mol. The maximum Gasteiger partial charge on any atom is 0.328 e. The molecule has 1 N–H and O–H groups in total. The lowest BCUT2D eigenvalue weighted by Gasteiger charge is -2.32. The second-order valence-corrected chi connectivity index (χ2v) is 5.71. The third kappa shape index (κ3) is 3.15. The first-order chi connectivity index (χ1) is 9.52. The van der Waals surface area contributed by atoms with Crippen LogP contribution in [0.2, 0.25) is 5.02 Å². The van der Waals surface area contributed by atoms with Gasteiger partial charge in [0.25, 0.3) is 0 Å². The van der Waals surface area contributed by atoms with Crippen molar-refractivity contribution >= 4 is 29.3 Å². The predicted octanol–water partition coefficient (Wildman–Crippen LogP) is 4.21. The van der Waals surface area contributed by atoms with Gasteiger partial charge in [0.1, 0.15) is 0 Å². The van der Waals surface area contributed by atoms with Gasteiger partial charge in [-0.1, -0.05) is 24.6 Å². The number of anilines is 1. The average molecular weight is 294 g/mol. The molecule has 0 amide bonds. The van der Waals surface area contributed by atoms with Gasteiger partial charge in [-0.3, -0.25) is 0 Å². The minimum absolute atomic E-state index is 0.454. The molecule has 1 aliphatic heterocycles. The fourth-order valence-corrected chi connectivity index (χ4v) is 3.12. The molecule has 2 unspecified atom stereocenters. The van der Waals surface area contributed by atoms with Crippen molar-refractivity contribution < 1.29 is 9.90 Å². The Bertz CT molecular complexity index is 527. The highest BCUT2D eigenvalue weighted by atomic mass is 35.5. The molecule has 3 nitrogen and oxygen atoms in total. The maximum atomic E-state index is 10.7. The van der Waals surface area contributed by atoms with Crippen LogP contribution in [0.15, 0.2) is 24.3 Å². The summed E-state index contributed by atoms with van der Waals surface area (Å²) in [6.45, 7) is 4.40. The van der Waals surface area contributed by atoms with Gasteiger partial charge >= 0.3 is 5.97 Å². The molecule has 108 valence electrons. The molecule has 0 aliphatic carbocycles. The molecule has 1 heterocycles. The van der Waals surface area contributed by atoms with Gasteiger partial charge in [0.05, 0.1) is 0 Å². The molecule has 1 aromatic rings. The third-order valence-electron chi connectivity index (χ3n) is 3.93. The molecule has 1 aliphatic rings. The SMILES string of the molecule is CCC1CCC(C)N1c1cc(Cl)ccc1/C=C/C(=O)O. The summed E-state index contributed by atoms with van der Waals surface area (Å²) >= 11 is 6.13. The Balaban J connectivity index is 2.43. The number of hydrogen-bond donors (Lipinski definition) is 1. The zero-order valence-electron chi connectivity index (χ0n) is 11.8. The summed E-state index contributed by atoms with van der Waals surface area (Å²) in [7, 11) is 0. The molecular formula is C16H20ClNO2. The van der Waals surface area contributed by atoms with Gasteiger partial charge < -0.3 is 10.0 Å². The molecule has 0 aromatic heterocycles. The standard InChI is InChI=1S/C16H20ClNO2/c1-3-14-8-4-11(2)18(14)15-10-13(17)7-5-12(15)6-9-16(19)20/h5-7,9-11,14H,3-4,8H2,1-2H3,(H,19,20)/b9-6+. The number of rotatable bonds is 4. The lowest BCUT2D eigenvalue weighted by atomic mass is 10.1. The highest BCUT2D eigenvalue weighted by molar-refractivity contribution is 6.31. The molecule has 0 spiro atoms. The summed E-state index contributed by atoms with van der Waals surface area (Å²) in [6.07, 6.45) is 6.23. The van der Waals surface area contributed by atoms with Gasteiger partial charge in [0.15, 0.2) is 0 Å². The van der Waals surface area contributed by atoms with Crippen LogP contribution in [0.5, 0.6) is 0 Å². The van der Waals surface area contributed by atoms with Crippen LogP contribution < -0.4 is 4.90 Å². The van der Waals surface area contributed by atoms with E-state index >= 15 is 0 Å². The summed E-state index contributed by atoms with van der Waals surface area (Å²) in [5.41, 5.74) is 1.94. The number of nitrogens with zero attached hydrogens (tertiary/aromatic N) is 1. The van der Waals surface area contributed by atoms with Crippen LogP contribution in [0.1, 0.15) is 38.7 Å². The van der Waals surface area contributed by atoms with Crippen LogP contribution in [-0.2, 0) is 4.79 Å². The fraction of sp³-hybridized carbons (Fsp3) is 0.438. The Labute approximate surface area is 124 Å². The minimum atomic E-state index is -0.938. The lowest BCUT2D eigenvalue weighted by molar-refractivity contribution is -0.131. The summed E-state index contributed by atoms with van der Waals surface area (Å²) in [6, 6.07) is 6.58. The molecule has 1 fully saturated rings. The Morgan fingerprint density at radius 1 is 1.50 bits per heavy atom. The minimum Gasteiger partial charge on any atom is -0.478 e. The number of halogens is 1. The van der Waals surface area contributed by atoms with E-state index in [1.807, 2.05) is 12.1 Å². The van der Waals surface area contributed by atoms with Crippen molar-refractivity contribution in [1.29, 1.82) is 0 Å². The Morgan fingerprint density at radius 2 is 2.25 bits per heavy atom. The van der Waals surface area contributed by atoms with Crippen molar-refractivity contribution in [3.8, 4) is 0 Å². The van der Waals surface area contributed by atoms with Crippen LogP contribution >= 0.6 is 11.6 Å². The molecule has 4 heteroatoms. The van der Waals surface area contributed by atoms with Crippen LogP contribution in [-0.4, -0.2) is 23.2 Å². The Morgan fingerprint density at radius 3 is 2.90 bits per heavy atom. The van der Waals surface area contributed by atoms with E-state index in [1.54, 1.807) is 12.1 Å². The normalized spacial score (nSPS) is 22.6. The molecule has 1 aromatic carbocycles. The molecule has 0 radical (unpaired) electrons. The van der Waals surface area contributed by atoms with E-state index in [0.717, 1.165) is 24.1 Å². The summed E-state index contributed by atoms with van der Waals surface area (Å²) in [4.78, 5) is 13.1. The largest absolute Gasteiger partial charge is 0.478 e. The fourth-order valence-electron chi connectivity index (χ4n) is 2.95. The van der Waals surface area contributed by atoms with Crippen LogP contribution in [0, 0.1) is 0 Å². The summed E-state index contributed by atoms with van der Waals surface area (Å²) < 4.78 is 0. The number of aliphatic carboxylic acids is 1. The van der Waals surface area contributed by atoms with E-state index in [9.17, 15) is 4.79 Å². The zero-order valence-corrected chi connectivity index (χ0v) is 12.6. The number of carbonyl (C=O) groups is 1. The summed E-state index contributed by atoms with van der Waals surface area (Å²) in [5.74, 6) is -0.938. The van der Waals surface area contributed by atoms with E-state index < -0.39 is 5.97 Å². The molecule has 0 saturated carbocycles. The van der Waals surface area contributed by atoms with Crippen molar-refractivity contribution in [1.82, 2.24) is 0 Å². The van der Waals surface area contributed by atoms with Gasteiger partial charge in [0.2, 0.25) is 0 Å². The van der Waals surface area contributed by atoms with Crippen molar-refractivity contribution in [2.24, 2.45) is 0 Å². The highest BCUT2D eigenvalue weighted by Gasteiger charge is 2.30. The van der Waals surface area contributed by atoms with Crippen molar-refractivity contribution in [3.05, 3.63) is 34.9 Å². The molecular weight excluding hydrogens is 274 g/mol. The number of carboxylic acids is 1. The molecule has 0 bridgehead atoms. The zero-order chi connectivity index (χ0) is 14.7. The van der Waals surface area contributed by atoms with E-state index in [4.69, 9.17) is 16.7 Å². The number of carboxylic acid groups (broad SMARTS) is 1. The maximum absolute atomic E-state index is 10.7. The number of benzene rings is 1. The average Bonchev–Trinajstić information content (AvgIpc) is 2.78. The first-order valence-electron chi connectivity index (χ1n) is 7.01. The van der Waals surface area contributed by atoms with E-state index in [2.05, 4.69) is 18.7 Å². The van der Waals surface area contributed by atoms with E-state index in [-0.39, 0.29) is 0 Å².